The fourth-order valence-electron chi connectivity index (χ4n) is 2.89. The first-order valence-electron chi connectivity index (χ1n) is 6.87. The van der Waals surface area contributed by atoms with E-state index < -0.39 is 0 Å². The zero-order valence-electron chi connectivity index (χ0n) is 11.6. The molecule has 106 valence electrons. The highest BCUT2D eigenvalue weighted by molar-refractivity contribution is 6.09. The number of benzene rings is 2. The first-order chi connectivity index (χ1) is 10.3. The number of aliphatic hydroxyl groups excluding tert-OH is 1. The zero-order chi connectivity index (χ0) is 14.4. The molecule has 0 saturated carbocycles. The van der Waals surface area contributed by atoms with Gasteiger partial charge in [-0.25, -0.2) is 0 Å². The van der Waals surface area contributed by atoms with Crippen molar-refractivity contribution in [2.45, 2.75) is 6.54 Å². The second kappa shape index (κ2) is 4.49. The van der Waals surface area contributed by atoms with Gasteiger partial charge in [0, 0.05) is 11.3 Å². The van der Waals surface area contributed by atoms with Crippen molar-refractivity contribution in [2.24, 2.45) is 0 Å². The number of anilines is 2. The maximum absolute atomic E-state index is 9.23. The standard InChI is InChI=1S/C16H15N3O2/c1-21-10-5-6-12-11(9-10)16-15-13(17-12)3-2-4-14(15)19(18-16)7-8-20/h2-6,9,17,20H,7-8H2,1H3. The maximum atomic E-state index is 9.23. The molecular weight excluding hydrogens is 266 g/mol. The van der Waals surface area contributed by atoms with Gasteiger partial charge in [0.15, 0.2) is 0 Å². The van der Waals surface area contributed by atoms with Gasteiger partial charge in [0.05, 0.1) is 36.9 Å². The normalized spacial score (nSPS) is 12.1. The minimum Gasteiger partial charge on any atom is -0.497 e. The molecule has 2 heterocycles. The van der Waals surface area contributed by atoms with Gasteiger partial charge < -0.3 is 15.2 Å². The number of aromatic nitrogens is 2. The third-order valence-corrected chi connectivity index (χ3v) is 3.84. The number of hydrogen-bond donors (Lipinski definition) is 2. The molecule has 0 bridgehead atoms. The van der Waals surface area contributed by atoms with Crippen LogP contribution in [0.3, 0.4) is 0 Å². The second-order valence-corrected chi connectivity index (χ2v) is 5.03. The van der Waals surface area contributed by atoms with Gasteiger partial charge >= 0.3 is 0 Å². The first kappa shape index (κ1) is 12.2. The lowest BCUT2D eigenvalue weighted by atomic mass is 10.00. The summed E-state index contributed by atoms with van der Waals surface area (Å²) >= 11 is 0. The molecule has 0 saturated heterocycles. The lowest BCUT2D eigenvalue weighted by Gasteiger charge is -2.18. The number of nitrogens with zero attached hydrogens (tertiary/aromatic N) is 2. The van der Waals surface area contributed by atoms with Crippen molar-refractivity contribution in [3.63, 3.8) is 0 Å². The van der Waals surface area contributed by atoms with Crippen LogP contribution in [0.15, 0.2) is 36.4 Å². The molecule has 1 aromatic heterocycles. The summed E-state index contributed by atoms with van der Waals surface area (Å²) in [5, 5.41) is 18.4. The highest BCUT2D eigenvalue weighted by Crippen LogP contribution is 2.44. The number of hydrogen-bond acceptors (Lipinski definition) is 4. The number of nitrogens with one attached hydrogen (secondary N) is 1. The Kier molecular flexibility index (Phi) is 2.62. The van der Waals surface area contributed by atoms with Crippen molar-refractivity contribution in [2.75, 3.05) is 19.0 Å². The molecule has 0 fully saturated rings. The van der Waals surface area contributed by atoms with E-state index in [1.54, 1.807) is 7.11 Å². The van der Waals surface area contributed by atoms with Crippen LogP contribution in [0.2, 0.25) is 0 Å². The molecule has 1 aliphatic rings. The molecule has 0 atom stereocenters. The van der Waals surface area contributed by atoms with Crippen molar-refractivity contribution in [3.05, 3.63) is 36.4 Å². The number of ether oxygens (including phenoxy) is 1. The van der Waals surface area contributed by atoms with Gasteiger partial charge in [-0.05, 0) is 30.3 Å². The molecule has 21 heavy (non-hydrogen) atoms. The van der Waals surface area contributed by atoms with Gasteiger partial charge in [0.1, 0.15) is 11.4 Å². The third-order valence-electron chi connectivity index (χ3n) is 3.84. The van der Waals surface area contributed by atoms with Crippen LogP contribution >= 0.6 is 0 Å². The van der Waals surface area contributed by atoms with Crippen molar-refractivity contribution in [1.29, 1.82) is 0 Å². The zero-order valence-corrected chi connectivity index (χ0v) is 11.6. The van der Waals surface area contributed by atoms with Gasteiger partial charge in [-0.15, -0.1) is 0 Å². The van der Waals surface area contributed by atoms with Crippen LogP contribution in [0.25, 0.3) is 22.2 Å². The number of methoxy groups -OCH3 is 1. The van der Waals surface area contributed by atoms with E-state index in [4.69, 9.17) is 4.74 Å². The van der Waals surface area contributed by atoms with Crippen LogP contribution in [0.4, 0.5) is 11.4 Å². The summed E-state index contributed by atoms with van der Waals surface area (Å²) in [5.41, 5.74) is 5.04. The summed E-state index contributed by atoms with van der Waals surface area (Å²) in [5.74, 6) is 0.805. The van der Waals surface area contributed by atoms with Crippen molar-refractivity contribution in [1.82, 2.24) is 9.78 Å². The average Bonchev–Trinajstić information content (AvgIpc) is 2.88. The molecule has 0 radical (unpaired) electrons. The summed E-state index contributed by atoms with van der Waals surface area (Å²) in [7, 11) is 1.66. The van der Waals surface area contributed by atoms with E-state index in [0.717, 1.165) is 39.3 Å². The predicted octanol–water partition coefficient (Wildman–Crippen LogP) is 2.76. The molecule has 2 aromatic carbocycles. The molecule has 2 N–H and O–H groups in total. The molecule has 5 nitrogen and oxygen atoms in total. The fourth-order valence-corrected chi connectivity index (χ4v) is 2.89. The maximum Gasteiger partial charge on any atom is 0.119 e. The minimum absolute atomic E-state index is 0.0683. The Balaban J connectivity index is 2.03. The highest BCUT2D eigenvalue weighted by atomic mass is 16.5. The van der Waals surface area contributed by atoms with E-state index in [1.807, 2.05) is 41.1 Å². The smallest absolute Gasteiger partial charge is 0.119 e. The summed E-state index contributed by atoms with van der Waals surface area (Å²) < 4.78 is 7.17. The molecule has 0 amide bonds. The fraction of sp³-hybridized carbons (Fsp3) is 0.188. The van der Waals surface area contributed by atoms with E-state index in [9.17, 15) is 5.11 Å². The summed E-state index contributed by atoms with van der Waals surface area (Å²) in [4.78, 5) is 0. The number of rotatable bonds is 3. The van der Waals surface area contributed by atoms with Gasteiger partial charge in [-0.2, -0.15) is 5.10 Å². The monoisotopic (exact) mass is 281 g/mol. The minimum atomic E-state index is 0.0683. The number of aliphatic hydroxyl groups is 1. The lowest BCUT2D eigenvalue weighted by Crippen LogP contribution is -2.03. The Labute approximate surface area is 121 Å². The lowest BCUT2D eigenvalue weighted by molar-refractivity contribution is 0.272. The molecule has 4 rings (SSSR count). The Bertz CT molecular complexity index is 839. The van der Waals surface area contributed by atoms with E-state index in [1.165, 1.54) is 0 Å². The summed E-state index contributed by atoms with van der Waals surface area (Å²) in [6, 6.07) is 12.0. The molecule has 3 aromatic rings. The largest absolute Gasteiger partial charge is 0.497 e. The molecule has 0 spiro atoms. The quantitative estimate of drug-likeness (QED) is 0.606. The Morgan fingerprint density at radius 3 is 2.95 bits per heavy atom. The molecule has 0 aliphatic carbocycles. The second-order valence-electron chi connectivity index (χ2n) is 5.03. The molecule has 5 heteroatoms. The molecular formula is C16H15N3O2. The van der Waals surface area contributed by atoms with Crippen LogP contribution in [0.1, 0.15) is 0 Å². The summed E-state index contributed by atoms with van der Waals surface area (Å²) in [6.45, 7) is 0.554. The van der Waals surface area contributed by atoms with Crippen LogP contribution in [-0.2, 0) is 6.54 Å². The highest BCUT2D eigenvalue weighted by Gasteiger charge is 2.23. The van der Waals surface area contributed by atoms with Gasteiger partial charge in [0.25, 0.3) is 0 Å². The predicted molar refractivity (Wildman–Crippen MR) is 82.1 cm³/mol. The van der Waals surface area contributed by atoms with E-state index in [2.05, 4.69) is 10.4 Å². The first-order valence-corrected chi connectivity index (χ1v) is 6.87. The Morgan fingerprint density at radius 1 is 1.24 bits per heavy atom. The Hall–Kier alpha value is -2.53. The molecule has 1 aliphatic heterocycles. The van der Waals surface area contributed by atoms with Crippen LogP contribution < -0.4 is 10.1 Å². The van der Waals surface area contributed by atoms with Gasteiger partial charge in [0.2, 0.25) is 0 Å². The van der Waals surface area contributed by atoms with Crippen molar-refractivity contribution in [3.8, 4) is 17.0 Å². The average molecular weight is 281 g/mol. The SMILES string of the molecule is COc1ccc2c(c1)-c1nn(CCO)c3cccc(c13)N2. The molecule has 0 unspecified atom stereocenters. The van der Waals surface area contributed by atoms with Crippen LogP contribution in [-0.4, -0.2) is 28.6 Å². The van der Waals surface area contributed by atoms with Crippen LogP contribution in [0, 0.1) is 0 Å². The van der Waals surface area contributed by atoms with Crippen molar-refractivity contribution >= 4 is 22.3 Å². The van der Waals surface area contributed by atoms with Gasteiger partial charge in [-0.3, -0.25) is 4.68 Å². The van der Waals surface area contributed by atoms with E-state index in [-0.39, 0.29) is 6.61 Å². The van der Waals surface area contributed by atoms with Crippen molar-refractivity contribution < 1.29 is 9.84 Å². The van der Waals surface area contributed by atoms with Crippen LogP contribution in [0.5, 0.6) is 5.75 Å². The third kappa shape index (κ3) is 1.71. The Morgan fingerprint density at radius 2 is 2.14 bits per heavy atom. The van der Waals surface area contributed by atoms with Gasteiger partial charge in [-0.1, -0.05) is 6.07 Å². The van der Waals surface area contributed by atoms with E-state index >= 15 is 0 Å². The van der Waals surface area contributed by atoms with E-state index in [0.29, 0.717) is 6.54 Å². The topological polar surface area (TPSA) is 59.3 Å². The number of fused-ring (bicyclic) bond motifs is 2. The summed E-state index contributed by atoms with van der Waals surface area (Å²) in [6.07, 6.45) is 0.